The highest BCUT2D eigenvalue weighted by Gasteiger charge is 2.40. The van der Waals surface area contributed by atoms with E-state index in [2.05, 4.69) is 26.0 Å². The molecule has 0 aliphatic heterocycles. The minimum atomic E-state index is -1.05. The summed E-state index contributed by atoms with van der Waals surface area (Å²) in [6, 6.07) is 19.2. The molecule has 152 valence electrons. The van der Waals surface area contributed by atoms with Crippen LogP contribution >= 0.6 is 0 Å². The van der Waals surface area contributed by atoms with E-state index in [0.717, 1.165) is 19.3 Å². The summed E-state index contributed by atoms with van der Waals surface area (Å²) >= 11 is 0. The van der Waals surface area contributed by atoms with Gasteiger partial charge in [0.1, 0.15) is 6.61 Å². The smallest absolute Gasteiger partial charge is 0.352 e. The van der Waals surface area contributed by atoms with E-state index in [1.165, 1.54) is 23.6 Å². The highest BCUT2D eigenvalue weighted by Crippen LogP contribution is 2.45. The summed E-state index contributed by atoms with van der Waals surface area (Å²) in [6.45, 7) is 5.83. The van der Waals surface area contributed by atoms with Gasteiger partial charge in [-0.2, -0.15) is 0 Å². The fourth-order valence-corrected chi connectivity index (χ4v) is 3.98. The van der Waals surface area contributed by atoms with E-state index in [1.807, 2.05) is 36.4 Å². The van der Waals surface area contributed by atoms with Crippen molar-refractivity contribution in [3.63, 3.8) is 0 Å². The van der Waals surface area contributed by atoms with Gasteiger partial charge in [0.05, 0.1) is 0 Å². The lowest BCUT2D eigenvalue weighted by Crippen LogP contribution is -2.32. The van der Waals surface area contributed by atoms with Crippen molar-refractivity contribution in [2.24, 2.45) is 0 Å². The Labute approximate surface area is 172 Å². The lowest BCUT2D eigenvalue weighted by Gasteiger charge is -2.30. The molecule has 1 aliphatic carbocycles. The lowest BCUT2D eigenvalue weighted by atomic mass is 9.79. The van der Waals surface area contributed by atoms with Crippen molar-refractivity contribution < 1.29 is 19.1 Å². The van der Waals surface area contributed by atoms with Crippen LogP contribution in [0.4, 0.5) is 0 Å². The van der Waals surface area contributed by atoms with E-state index in [-0.39, 0.29) is 12.0 Å². The van der Waals surface area contributed by atoms with E-state index in [4.69, 9.17) is 9.47 Å². The Morgan fingerprint density at radius 1 is 0.966 bits per heavy atom. The first-order valence-electron chi connectivity index (χ1n) is 10.0. The van der Waals surface area contributed by atoms with Gasteiger partial charge in [0.25, 0.3) is 0 Å². The van der Waals surface area contributed by atoms with Gasteiger partial charge < -0.3 is 9.47 Å². The molecule has 1 aliphatic rings. The Bertz CT molecular complexity index is 882. The third-order valence-corrected chi connectivity index (χ3v) is 5.64. The van der Waals surface area contributed by atoms with Crippen molar-refractivity contribution in [2.75, 3.05) is 6.61 Å². The van der Waals surface area contributed by atoms with Crippen LogP contribution in [0.1, 0.15) is 57.3 Å². The second-order valence-corrected chi connectivity index (χ2v) is 7.93. The van der Waals surface area contributed by atoms with Crippen molar-refractivity contribution in [2.45, 2.75) is 51.6 Å². The molecule has 0 bridgehead atoms. The molecule has 0 heterocycles. The molecule has 0 radical (unpaired) electrons. The quantitative estimate of drug-likeness (QED) is 0.495. The first-order valence-corrected chi connectivity index (χ1v) is 10.0. The molecule has 3 rings (SSSR count). The van der Waals surface area contributed by atoms with Gasteiger partial charge >= 0.3 is 11.9 Å². The third kappa shape index (κ3) is 4.94. The molecule has 0 aromatic heterocycles. The van der Waals surface area contributed by atoms with Gasteiger partial charge in [-0.15, -0.1) is 0 Å². The molecule has 4 heteroatoms. The van der Waals surface area contributed by atoms with Gasteiger partial charge in [0, 0.05) is 17.9 Å². The molecule has 4 nitrogen and oxygen atoms in total. The second kappa shape index (κ2) is 9.08. The summed E-state index contributed by atoms with van der Waals surface area (Å²) in [7, 11) is 0. The van der Waals surface area contributed by atoms with Gasteiger partial charge in [-0.05, 0) is 38.7 Å². The highest BCUT2D eigenvalue weighted by molar-refractivity contribution is 5.80. The zero-order valence-corrected chi connectivity index (χ0v) is 17.3. The summed E-state index contributed by atoms with van der Waals surface area (Å²) < 4.78 is 11.1. The Balaban J connectivity index is 1.82. The maximum absolute atomic E-state index is 12.9. The van der Waals surface area contributed by atoms with Gasteiger partial charge in [0.2, 0.25) is 6.10 Å². The number of allylic oxidation sites excluding steroid dienone is 2. The summed E-state index contributed by atoms with van der Waals surface area (Å²) in [5.74, 6) is -1.05. The lowest BCUT2D eigenvalue weighted by molar-refractivity contribution is -0.168. The van der Waals surface area contributed by atoms with Crippen LogP contribution in [0, 0.1) is 0 Å². The molecule has 2 aromatic carbocycles. The average Bonchev–Trinajstić information content (AvgIpc) is 3.18. The SMILES string of the molecule is CC(=O)O[C@H](C(=O)OC[C@@]1(c2ccccc2)CCC(=C(C)C)C1)c1ccccc1. The van der Waals surface area contributed by atoms with E-state index in [1.54, 1.807) is 12.1 Å². The maximum Gasteiger partial charge on any atom is 0.352 e. The van der Waals surface area contributed by atoms with Gasteiger partial charge in [-0.3, -0.25) is 4.79 Å². The number of esters is 2. The van der Waals surface area contributed by atoms with Gasteiger partial charge in [0.15, 0.2) is 0 Å². The number of hydrogen-bond donors (Lipinski definition) is 0. The molecular weight excluding hydrogens is 364 g/mol. The van der Waals surface area contributed by atoms with E-state index in [0.29, 0.717) is 5.56 Å². The number of ether oxygens (including phenoxy) is 2. The topological polar surface area (TPSA) is 52.6 Å². The van der Waals surface area contributed by atoms with E-state index in [9.17, 15) is 9.59 Å². The van der Waals surface area contributed by atoms with Crippen LogP contribution in [0.2, 0.25) is 0 Å². The van der Waals surface area contributed by atoms with Gasteiger partial charge in [-0.1, -0.05) is 71.8 Å². The standard InChI is InChI=1S/C25H28O4/c1-18(2)21-14-15-25(16-21,22-12-8-5-9-13-22)17-28-24(27)23(29-19(3)26)20-10-6-4-7-11-20/h4-13,23H,14-17H2,1-3H3/t23-,25+/m0/s1. The Morgan fingerprint density at radius 2 is 1.59 bits per heavy atom. The normalized spacial score (nSPS) is 19.5. The van der Waals surface area contributed by atoms with Crippen molar-refractivity contribution in [3.05, 3.63) is 82.9 Å². The van der Waals surface area contributed by atoms with E-state index < -0.39 is 18.0 Å². The fraction of sp³-hybridized carbons (Fsp3) is 0.360. The van der Waals surface area contributed by atoms with Crippen LogP contribution in [0.5, 0.6) is 0 Å². The fourth-order valence-electron chi connectivity index (χ4n) is 3.98. The number of rotatable bonds is 6. The summed E-state index contributed by atoms with van der Waals surface area (Å²) in [6.07, 6.45) is 1.75. The Morgan fingerprint density at radius 3 is 2.14 bits per heavy atom. The molecule has 2 aromatic rings. The van der Waals surface area contributed by atoms with Crippen molar-refractivity contribution in [1.29, 1.82) is 0 Å². The number of carbonyl (C=O) groups excluding carboxylic acids is 2. The van der Waals surface area contributed by atoms with Crippen LogP contribution in [0.25, 0.3) is 0 Å². The molecule has 0 unspecified atom stereocenters. The predicted octanol–water partition coefficient (Wildman–Crippen LogP) is 5.29. The molecule has 2 atom stereocenters. The van der Waals surface area contributed by atoms with Crippen LogP contribution < -0.4 is 0 Å². The summed E-state index contributed by atoms with van der Waals surface area (Å²) in [5.41, 5.74) is 4.28. The van der Waals surface area contributed by atoms with Crippen LogP contribution in [-0.2, 0) is 24.5 Å². The average molecular weight is 392 g/mol. The molecule has 0 spiro atoms. The molecule has 1 saturated carbocycles. The minimum Gasteiger partial charge on any atom is -0.462 e. The zero-order valence-electron chi connectivity index (χ0n) is 17.3. The van der Waals surface area contributed by atoms with Crippen molar-refractivity contribution >= 4 is 11.9 Å². The number of hydrogen-bond acceptors (Lipinski definition) is 4. The second-order valence-electron chi connectivity index (χ2n) is 7.93. The number of carbonyl (C=O) groups is 2. The molecule has 29 heavy (non-hydrogen) atoms. The highest BCUT2D eigenvalue weighted by atomic mass is 16.6. The third-order valence-electron chi connectivity index (χ3n) is 5.64. The monoisotopic (exact) mass is 392 g/mol. The first kappa shape index (κ1) is 20.8. The van der Waals surface area contributed by atoms with Crippen LogP contribution in [0.15, 0.2) is 71.8 Å². The Kier molecular flexibility index (Phi) is 6.53. The summed E-state index contributed by atoms with van der Waals surface area (Å²) in [4.78, 5) is 24.5. The summed E-state index contributed by atoms with van der Waals surface area (Å²) in [5, 5.41) is 0. The molecular formula is C25H28O4. The Hall–Kier alpha value is -2.88. The largest absolute Gasteiger partial charge is 0.462 e. The molecule has 0 N–H and O–H groups in total. The molecule has 0 saturated heterocycles. The van der Waals surface area contributed by atoms with Gasteiger partial charge in [-0.25, -0.2) is 4.79 Å². The zero-order chi connectivity index (χ0) is 20.9. The maximum atomic E-state index is 12.9. The molecule has 1 fully saturated rings. The van der Waals surface area contributed by atoms with Crippen molar-refractivity contribution in [3.8, 4) is 0 Å². The minimum absolute atomic E-state index is 0.249. The number of benzene rings is 2. The van der Waals surface area contributed by atoms with Crippen LogP contribution in [-0.4, -0.2) is 18.5 Å². The van der Waals surface area contributed by atoms with Crippen LogP contribution in [0.3, 0.4) is 0 Å². The van der Waals surface area contributed by atoms with E-state index >= 15 is 0 Å². The predicted molar refractivity (Wildman–Crippen MR) is 112 cm³/mol. The molecule has 0 amide bonds. The first-order chi connectivity index (χ1) is 13.9. The van der Waals surface area contributed by atoms with Crippen molar-refractivity contribution in [1.82, 2.24) is 0 Å².